The van der Waals surface area contributed by atoms with Crippen molar-refractivity contribution < 1.29 is 14.4 Å². The minimum Gasteiger partial charge on any atom is -0.345 e. The Morgan fingerprint density at radius 2 is 1.95 bits per heavy atom. The van der Waals surface area contributed by atoms with E-state index >= 15 is 0 Å². The second kappa shape index (κ2) is 4.73. The first kappa shape index (κ1) is 12.3. The zero-order chi connectivity index (χ0) is 13.4. The third-order valence-corrected chi connectivity index (χ3v) is 4.18. The molecule has 0 unspecified atom stereocenters. The molecule has 6 nitrogen and oxygen atoms in total. The lowest BCUT2D eigenvalue weighted by atomic mass is 10.1. The quantitative estimate of drug-likeness (QED) is 0.803. The van der Waals surface area contributed by atoms with E-state index in [1.165, 1.54) is 4.90 Å². The summed E-state index contributed by atoms with van der Waals surface area (Å²) < 4.78 is 1.80. The van der Waals surface area contributed by atoms with E-state index in [0.29, 0.717) is 19.6 Å². The number of carbonyl (C=O) groups excluding carboxylic acids is 3. The molecule has 0 saturated carbocycles. The standard InChI is InChI=1S/C12H13N3O3S/c16-10(7-13-3-1-2-4-13)14-5-9(6-14)15-11(17)8-19-12(15)18/h1-4,9H,5-8H2. The molecule has 0 N–H and O–H groups in total. The third-order valence-electron chi connectivity index (χ3n) is 3.35. The van der Waals surface area contributed by atoms with E-state index in [0.717, 1.165) is 11.8 Å². The van der Waals surface area contributed by atoms with E-state index < -0.39 is 0 Å². The third kappa shape index (κ3) is 2.25. The first-order chi connectivity index (χ1) is 9.15. The molecular weight excluding hydrogens is 266 g/mol. The number of amides is 3. The predicted octanol–water partition coefficient (Wildman–Crippen LogP) is 0.394. The number of likely N-dealkylation sites (tertiary alicyclic amines) is 1. The van der Waals surface area contributed by atoms with Crippen molar-refractivity contribution in [1.82, 2.24) is 14.4 Å². The van der Waals surface area contributed by atoms with Crippen molar-refractivity contribution in [2.45, 2.75) is 12.6 Å². The van der Waals surface area contributed by atoms with Crippen LogP contribution in [0.3, 0.4) is 0 Å². The fourth-order valence-electron chi connectivity index (χ4n) is 2.27. The fourth-order valence-corrected chi connectivity index (χ4v) is 3.05. The van der Waals surface area contributed by atoms with Gasteiger partial charge in [-0.1, -0.05) is 11.8 Å². The Morgan fingerprint density at radius 1 is 1.26 bits per heavy atom. The zero-order valence-electron chi connectivity index (χ0n) is 10.2. The Balaban J connectivity index is 1.54. The normalized spacial score (nSPS) is 20.0. The van der Waals surface area contributed by atoms with E-state index in [9.17, 15) is 14.4 Å². The van der Waals surface area contributed by atoms with Crippen molar-refractivity contribution in [3.8, 4) is 0 Å². The monoisotopic (exact) mass is 279 g/mol. The summed E-state index contributed by atoms with van der Waals surface area (Å²) in [4.78, 5) is 37.9. The molecule has 3 amide bonds. The Bertz CT molecular complexity index is 506. The Hall–Kier alpha value is -1.76. The van der Waals surface area contributed by atoms with Crippen molar-refractivity contribution in [1.29, 1.82) is 0 Å². The van der Waals surface area contributed by atoms with Crippen molar-refractivity contribution in [3.05, 3.63) is 24.5 Å². The fraction of sp³-hybridized carbons (Fsp3) is 0.417. The topological polar surface area (TPSA) is 62.6 Å². The highest BCUT2D eigenvalue weighted by molar-refractivity contribution is 8.14. The van der Waals surface area contributed by atoms with Crippen LogP contribution in [0, 0.1) is 0 Å². The largest absolute Gasteiger partial charge is 0.345 e. The molecule has 0 atom stereocenters. The van der Waals surface area contributed by atoms with Crippen molar-refractivity contribution in [2.75, 3.05) is 18.8 Å². The number of aromatic nitrogens is 1. The number of hydrogen-bond acceptors (Lipinski definition) is 4. The molecule has 1 aromatic rings. The van der Waals surface area contributed by atoms with Gasteiger partial charge in [-0.15, -0.1) is 0 Å². The van der Waals surface area contributed by atoms with E-state index in [2.05, 4.69) is 0 Å². The second-order valence-electron chi connectivity index (χ2n) is 4.63. The van der Waals surface area contributed by atoms with E-state index in [1.54, 1.807) is 9.47 Å². The molecule has 2 aliphatic heterocycles. The van der Waals surface area contributed by atoms with Crippen LogP contribution >= 0.6 is 11.8 Å². The van der Waals surface area contributed by atoms with Crippen molar-refractivity contribution in [2.24, 2.45) is 0 Å². The molecule has 19 heavy (non-hydrogen) atoms. The van der Waals surface area contributed by atoms with E-state index in [1.807, 2.05) is 24.5 Å². The summed E-state index contributed by atoms with van der Waals surface area (Å²) in [5, 5.41) is -0.187. The van der Waals surface area contributed by atoms with Crippen LogP contribution in [0.4, 0.5) is 4.79 Å². The molecule has 3 rings (SSSR count). The van der Waals surface area contributed by atoms with Gasteiger partial charge >= 0.3 is 0 Å². The number of carbonyl (C=O) groups is 3. The molecular formula is C12H13N3O3S. The van der Waals surface area contributed by atoms with Gasteiger partial charge in [0, 0.05) is 25.5 Å². The minimum atomic E-state index is -0.187. The van der Waals surface area contributed by atoms with Crippen LogP contribution in [-0.2, 0) is 16.1 Å². The summed E-state index contributed by atoms with van der Waals surface area (Å²) in [7, 11) is 0. The maximum Gasteiger partial charge on any atom is 0.289 e. The molecule has 2 aliphatic rings. The summed E-state index contributed by atoms with van der Waals surface area (Å²) >= 11 is 1.03. The first-order valence-electron chi connectivity index (χ1n) is 6.02. The summed E-state index contributed by atoms with van der Waals surface area (Å²) in [6.45, 7) is 1.21. The summed E-state index contributed by atoms with van der Waals surface area (Å²) in [5.41, 5.74) is 0. The average Bonchev–Trinajstić information content (AvgIpc) is 2.91. The molecule has 0 radical (unpaired) electrons. The molecule has 0 aromatic carbocycles. The molecule has 0 aliphatic carbocycles. The van der Waals surface area contributed by atoms with Gasteiger partial charge in [0.15, 0.2) is 0 Å². The van der Waals surface area contributed by atoms with Gasteiger partial charge in [-0.25, -0.2) is 0 Å². The number of hydrogen-bond donors (Lipinski definition) is 0. The number of imide groups is 1. The summed E-state index contributed by atoms with van der Waals surface area (Å²) in [5.74, 6) is 0.101. The molecule has 7 heteroatoms. The molecule has 1 aromatic heterocycles. The molecule has 2 fully saturated rings. The van der Waals surface area contributed by atoms with Crippen LogP contribution in [0.1, 0.15) is 0 Å². The maximum atomic E-state index is 11.9. The van der Waals surface area contributed by atoms with E-state index in [4.69, 9.17) is 0 Å². The van der Waals surface area contributed by atoms with Gasteiger partial charge in [0.1, 0.15) is 6.54 Å². The van der Waals surface area contributed by atoms with Gasteiger partial charge in [0.2, 0.25) is 11.8 Å². The van der Waals surface area contributed by atoms with Crippen LogP contribution in [0.25, 0.3) is 0 Å². The first-order valence-corrected chi connectivity index (χ1v) is 7.01. The highest BCUT2D eigenvalue weighted by atomic mass is 32.2. The van der Waals surface area contributed by atoms with Gasteiger partial charge in [0.25, 0.3) is 5.24 Å². The second-order valence-corrected chi connectivity index (χ2v) is 5.55. The molecule has 0 bridgehead atoms. The lowest BCUT2D eigenvalue weighted by Gasteiger charge is -2.42. The van der Waals surface area contributed by atoms with Gasteiger partial charge in [-0.05, 0) is 12.1 Å². The molecule has 2 saturated heterocycles. The highest BCUT2D eigenvalue weighted by Crippen LogP contribution is 2.26. The van der Waals surface area contributed by atoms with Crippen LogP contribution in [0.2, 0.25) is 0 Å². The lowest BCUT2D eigenvalue weighted by molar-refractivity contribution is -0.142. The zero-order valence-corrected chi connectivity index (χ0v) is 11.0. The van der Waals surface area contributed by atoms with Crippen LogP contribution in [0.5, 0.6) is 0 Å². The Labute approximate surface area is 114 Å². The van der Waals surface area contributed by atoms with E-state index in [-0.39, 0.29) is 28.8 Å². The van der Waals surface area contributed by atoms with Gasteiger partial charge < -0.3 is 9.47 Å². The summed E-state index contributed by atoms with van der Waals surface area (Å²) in [6, 6.07) is 3.60. The lowest BCUT2D eigenvalue weighted by Crippen LogP contribution is -2.62. The minimum absolute atomic E-state index is 0.0131. The van der Waals surface area contributed by atoms with Gasteiger partial charge in [-0.2, -0.15) is 0 Å². The smallest absolute Gasteiger partial charge is 0.289 e. The van der Waals surface area contributed by atoms with Crippen molar-refractivity contribution in [3.63, 3.8) is 0 Å². The number of thioether (sulfide) groups is 1. The average molecular weight is 279 g/mol. The number of nitrogens with zero attached hydrogens (tertiary/aromatic N) is 3. The molecule has 0 spiro atoms. The van der Waals surface area contributed by atoms with Gasteiger partial charge in [0.05, 0.1) is 11.8 Å². The van der Waals surface area contributed by atoms with Crippen LogP contribution in [-0.4, -0.2) is 56.3 Å². The Kier molecular flexibility index (Phi) is 3.06. The predicted molar refractivity (Wildman–Crippen MR) is 69.5 cm³/mol. The summed E-state index contributed by atoms with van der Waals surface area (Å²) in [6.07, 6.45) is 3.67. The van der Waals surface area contributed by atoms with Crippen molar-refractivity contribution >= 4 is 28.8 Å². The van der Waals surface area contributed by atoms with Crippen LogP contribution < -0.4 is 0 Å². The number of rotatable bonds is 3. The Morgan fingerprint density at radius 3 is 2.53 bits per heavy atom. The molecule has 100 valence electrons. The van der Waals surface area contributed by atoms with Crippen LogP contribution in [0.15, 0.2) is 24.5 Å². The van der Waals surface area contributed by atoms with Gasteiger partial charge in [-0.3, -0.25) is 19.3 Å². The SMILES string of the molecule is O=C(Cn1cccc1)N1CC(N2C(=O)CSC2=O)C1. The molecule has 3 heterocycles. The highest BCUT2D eigenvalue weighted by Gasteiger charge is 2.43. The maximum absolute atomic E-state index is 11.9.